The van der Waals surface area contributed by atoms with Crippen molar-refractivity contribution >= 4 is 11.7 Å². The smallest absolute Gasteiger partial charge is 0.303 e. The molecule has 2 amide bonds. The number of aryl methyl sites for hydroxylation is 1. The normalized spacial score (nSPS) is 9.00. The average molecular weight is 242 g/mol. The van der Waals surface area contributed by atoms with Gasteiger partial charge in [-0.15, -0.1) is 0 Å². The number of hydroxylamine groups is 1. The number of amides is 2. The summed E-state index contributed by atoms with van der Waals surface area (Å²) < 4.78 is 13.4. The molecule has 0 aromatic heterocycles. The fourth-order valence-corrected chi connectivity index (χ4v) is 1.24. The van der Waals surface area contributed by atoms with E-state index in [4.69, 9.17) is 0 Å². The van der Waals surface area contributed by atoms with Crippen molar-refractivity contribution in [1.82, 2.24) is 5.48 Å². The Balaban J connectivity index is 0.00000121. The molecule has 1 rings (SSSR count). The summed E-state index contributed by atoms with van der Waals surface area (Å²) in [6, 6.07) is 4.05. The first kappa shape index (κ1) is 15.4. The highest BCUT2D eigenvalue weighted by Crippen LogP contribution is 2.19. The fourth-order valence-electron chi connectivity index (χ4n) is 1.24. The molecule has 96 valence electrons. The van der Waals surface area contributed by atoms with E-state index < -0.39 is 11.8 Å². The van der Waals surface area contributed by atoms with Gasteiger partial charge in [-0.1, -0.05) is 32.9 Å². The molecular formula is C12H19FN2O2. The lowest BCUT2D eigenvalue weighted by Gasteiger charge is -2.10. The van der Waals surface area contributed by atoms with Crippen molar-refractivity contribution in [2.45, 2.75) is 27.2 Å². The molecule has 0 aliphatic rings. The number of anilines is 1. The number of para-hydroxylation sites is 1. The van der Waals surface area contributed by atoms with Crippen molar-refractivity contribution in [3.8, 4) is 0 Å². The lowest BCUT2D eigenvalue weighted by atomic mass is 10.1. The maximum Gasteiger partial charge on any atom is 0.343 e. The average Bonchev–Trinajstić information content (AvgIpc) is 2.34. The van der Waals surface area contributed by atoms with Crippen molar-refractivity contribution in [2.24, 2.45) is 0 Å². The summed E-state index contributed by atoms with van der Waals surface area (Å²) in [6.45, 7) is 5.88. The Kier molecular flexibility index (Phi) is 7.71. The van der Waals surface area contributed by atoms with Crippen molar-refractivity contribution < 1.29 is 14.0 Å². The van der Waals surface area contributed by atoms with E-state index in [2.05, 4.69) is 15.6 Å². The zero-order valence-corrected chi connectivity index (χ0v) is 10.6. The molecule has 0 aliphatic carbocycles. The quantitative estimate of drug-likeness (QED) is 0.800. The maximum atomic E-state index is 13.4. The van der Waals surface area contributed by atoms with Crippen LogP contribution in [0, 0.1) is 5.82 Å². The minimum Gasteiger partial charge on any atom is -0.303 e. The van der Waals surface area contributed by atoms with Gasteiger partial charge in [0.15, 0.2) is 0 Å². The molecule has 0 unspecified atom stereocenters. The first-order valence-electron chi connectivity index (χ1n) is 5.56. The van der Waals surface area contributed by atoms with Gasteiger partial charge in [0.05, 0.1) is 12.8 Å². The van der Waals surface area contributed by atoms with Gasteiger partial charge in [0, 0.05) is 0 Å². The third-order valence-corrected chi connectivity index (χ3v) is 1.91. The van der Waals surface area contributed by atoms with Gasteiger partial charge in [0.25, 0.3) is 0 Å². The number of rotatable bonds is 3. The van der Waals surface area contributed by atoms with Crippen LogP contribution in [0.1, 0.15) is 26.3 Å². The number of hydrogen-bond donors (Lipinski definition) is 2. The van der Waals surface area contributed by atoms with Gasteiger partial charge in [-0.25, -0.2) is 14.7 Å². The first-order valence-corrected chi connectivity index (χ1v) is 5.56. The van der Waals surface area contributed by atoms with Gasteiger partial charge in [0.2, 0.25) is 0 Å². The predicted octanol–water partition coefficient (Wildman–Crippen LogP) is 3.10. The van der Waals surface area contributed by atoms with Crippen LogP contribution in [0.5, 0.6) is 0 Å². The predicted molar refractivity (Wildman–Crippen MR) is 66.3 cm³/mol. The molecule has 2 N–H and O–H groups in total. The highest BCUT2D eigenvalue weighted by atomic mass is 19.1. The van der Waals surface area contributed by atoms with Crippen LogP contribution >= 0.6 is 0 Å². The molecule has 5 heteroatoms. The zero-order valence-electron chi connectivity index (χ0n) is 10.6. The van der Waals surface area contributed by atoms with E-state index in [0.717, 1.165) is 5.56 Å². The fraction of sp³-hybridized carbons (Fsp3) is 0.417. The summed E-state index contributed by atoms with van der Waals surface area (Å²) in [4.78, 5) is 15.5. The van der Waals surface area contributed by atoms with Crippen molar-refractivity contribution in [1.29, 1.82) is 0 Å². The Morgan fingerprint density at radius 2 is 2.06 bits per heavy atom. The summed E-state index contributed by atoms with van der Waals surface area (Å²) in [5, 5.41) is 2.38. The molecule has 0 atom stereocenters. The summed E-state index contributed by atoms with van der Waals surface area (Å²) in [5.74, 6) is -0.458. The third-order valence-electron chi connectivity index (χ3n) is 1.91. The minimum absolute atomic E-state index is 0.189. The van der Waals surface area contributed by atoms with Gasteiger partial charge >= 0.3 is 6.03 Å². The van der Waals surface area contributed by atoms with E-state index >= 15 is 0 Å². The second-order valence-electron chi connectivity index (χ2n) is 2.89. The maximum absolute atomic E-state index is 13.4. The monoisotopic (exact) mass is 242 g/mol. The molecule has 4 nitrogen and oxygen atoms in total. The topological polar surface area (TPSA) is 50.4 Å². The Morgan fingerprint density at radius 1 is 1.41 bits per heavy atom. The molecule has 1 aromatic carbocycles. The van der Waals surface area contributed by atoms with Crippen molar-refractivity contribution in [3.63, 3.8) is 0 Å². The van der Waals surface area contributed by atoms with Crippen LogP contribution < -0.4 is 10.8 Å². The van der Waals surface area contributed by atoms with E-state index in [1.165, 1.54) is 13.2 Å². The molecule has 0 saturated carbocycles. The summed E-state index contributed by atoms with van der Waals surface area (Å²) >= 11 is 0. The number of urea groups is 1. The molecule has 17 heavy (non-hydrogen) atoms. The van der Waals surface area contributed by atoms with E-state index in [0.29, 0.717) is 6.42 Å². The van der Waals surface area contributed by atoms with E-state index in [9.17, 15) is 9.18 Å². The van der Waals surface area contributed by atoms with E-state index in [1.807, 2.05) is 20.8 Å². The van der Waals surface area contributed by atoms with Gasteiger partial charge in [-0.3, -0.25) is 4.84 Å². The molecular weight excluding hydrogens is 223 g/mol. The van der Waals surface area contributed by atoms with Gasteiger partial charge in [0.1, 0.15) is 5.82 Å². The molecule has 0 heterocycles. The molecule has 0 bridgehead atoms. The Morgan fingerprint density at radius 3 is 2.59 bits per heavy atom. The number of halogens is 1. The SMILES string of the molecule is CC.CCc1cccc(F)c1NC(=O)NOC. The highest BCUT2D eigenvalue weighted by Gasteiger charge is 2.09. The van der Waals surface area contributed by atoms with Crippen LogP contribution in [-0.4, -0.2) is 13.1 Å². The second kappa shape index (κ2) is 8.52. The summed E-state index contributed by atoms with van der Waals surface area (Å²) in [7, 11) is 1.31. The largest absolute Gasteiger partial charge is 0.343 e. The van der Waals surface area contributed by atoms with E-state index in [1.54, 1.807) is 12.1 Å². The number of carbonyl (C=O) groups excluding carboxylic acids is 1. The van der Waals surface area contributed by atoms with Crippen LogP contribution in [0.2, 0.25) is 0 Å². The lowest BCUT2D eigenvalue weighted by molar-refractivity contribution is 0.114. The number of nitrogens with one attached hydrogen (secondary N) is 2. The lowest BCUT2D eigenvalue weighted by Crippen LogP contribution is -2.28. The Hall–Kier alpha value is -1.62. The van der Waals surface area contributed by atoms with Gasteiger partial charge < -0.3 is 5.32 Å². The van der Waals surface area contributed by atoms with Crippen molar-refractivity contribution in [2.75, 3.05) is 12.4 Å². The number of benzene rings is 1. The van der Waals surface area contributed by atoms with Crippen LogP contribution in [-0.2, 0) is 11.3 Å². The molecule has 0 aliphatic heterocycles. The van der Waals surface area contributed by atoms with Gasteiger partial charge in [-0.2, -0.15) is 0 Å². The summed E-state index contributed by atoms with van der Waals surface area (Å²) in [5.41, 5.74) is 2.98. The van der Waals surface area contributed by atoms with Gasteiger partial charge in [-0.05, 0) is 18.1 Å². The summed E-state index contributed by atoms with van der Waals surface area (Å²) in [6.07, 6.45) is 0.639. The number of carbonyl (C=O) groups is 1. The molecule has 0 fully saturated rings. The third kappa shape index (κ3) is 4.82. The first-order chi connectivity index (χ1) is 8.19. The standard InChI is InChI=1S/C10H13FN2O2.C2H6/c1-3-7-5-4-6-8(11)9(7)12-10(14)13-15-2;1-2/h4-6H,3H2,1-2H3,(H2,12,13,14);1-2H3. The van der Waals surface area contributed by atoms with Crippen LogP contribution in [0.4, 0.5) is 14.9 Å². The van der Waals surface area contributed by atoms with E-state index in [-0.39, 0.29) is 5.69 Å². The highest BCUT2D eigenvalue weighted by molar-refractivity contribution is 5.89. The molecule has 0 saturated heterocycles. The Labute approximate surface area is 101 Å². The molecule has 1 aromatic rings. The second-order valence-corrected chi connectivity index (χ2v) is 2.89. The minimum atomic E-state index is -0.600. The number of hydrogen-bond acceptors (Lipinski definition) is 2. The Bertz CT molecular complexity index is 356. The van der Waals surface area contributed by atoms with Crippen LogP contribution in [0.25, 0.3) is 0 Å². The molecule has 0 radical (unpaired) electrons. The van der Waals surface area contributed by atoms with Crippen LogP contribution in [0.15, 0.2) is 18.2 Å². The van der Waals surface area contributed by atoms with Crippen LogP contribution in [0.3, 0.4) is 0 Å². The van der Waals surface area contributed by atoms with Crippen molar-refractivity contribution in [3.05, 3.63) is 29.6 Å². The molecule has 0 spiro atoms. The zero-order chi connectivity index (χ0) is 13.3.